The van der Waals surface area contributed by atoms with E-state index in [9.17, 15) is 28.0 Å². The molecule has 0 aliphatic heterocycles. The van der Waals surface area contributed by atoms with Gasteiger partial charge in [0.05, 0.1) is 0 Å². The smallest absolute Gasteiger partial charge is 0.243 e. The highest BCUT2D eigenvalue weighted by molar-refractivity contribution is 6.72. The average molecular weight is 465 g/mol. The second kappa shape index (κ2) is 12.9. The Labute approximate surface area is 193 Å². The van der Waals surface area contributed by atoms with Gasteiger partial charge in [0.25, 0.3) is 0 Å². The van der Waals surface area contributed by atoms with Crippen molar-refractivity contribution in [3.63, 3.8) is 0 Å². The number of carbonyl (C=O) groups is 4. The second-order valence-corrected chi connectivity index (χ2v) is 8.91. The minimum atomic E-state index is -1.03. The monoisotopic (exact) mass is 465 g/mol. The van der Waals surface area contributed by atoms with Crippen molar-refractivity contribution in [1.82, 2.24) is 21.3 Å². The molecule has 0 heterocycles. The molecule has 0 unspecified atom stereocenters. The van der Waals surface area contributed by atoms with Gasteiger partial charge in [-0.15, -0.1) is 0 Å². The molecule has 11 heteroatoms. The molecule has 0 aromatic heterocycles. The molecule has 0 aliphatic carbocycles. The van der Waals surface area contributed by atoms with Crippen molar-refractivity contribution in [2.75, 3.05) is 6.54 Å². The lowest BCUT2D eigenvalue weighted by Crippen LogP contribution is -2.53. The maximum Gasteiger partial charge on any atom is 0.243 e. The lowest BCUT2D eigenvalue weighted by Gasteiger charge is -2.22. The number of hydrogen-bond donors (Lipinski definition) is 4. The fraction of sp³-hybridized carbons (Fsp3) is 0.545. The molecular formula is C22H32BF2N4O4. The zero-order valence-corrected chi connectivity index (χ0v) is 19.7. The maximum absolute atomic E-state index is 13.7. The van der Waals surface area contributed by atoms with Crippen LogP contribution in [-0.4, -0.2) is 49.4 Å². The van der Waals surface area contributed by atoms with E-state index < -0.39 is 41.3 Å². The number of benzene rings is 1. The lowest BCUT2D eigenvalue weighted by molar-refractivity contribution is -0.130. The van der Waals surface area contributed by atoms with Crippen LogP contribution in [0.1, 0.15) is 46.1 Å². The first-order chi connectivity index (χ1) is 15.3. The summed E-state index contributed by atoms with van der Waals surface area (Å²) in [6.45, 7) is 9.11. The normalized spacial score (nSPS) is 12.8. The quantitative estimate of drug-likeness (QED) is 0.374. The first kappa shape index (κ1) is 28.1. The van der Waals surface area contributed by atoms with E-state index in [1.165, 1.54) is 27.1 Å². The Morgan fingerprint density at radius 3 is 2.27 bits per heavy atom. The highest BCUT2D eigenvalue weighted by atomic mass is 19.1. The van der Waals surface area contributed by atoms with Crippen LogP contribution in [0.25, 0.3) is 0 Å². The third-order valence-corrected chi connectivity index (χ3v) is 4.59. The van der Waals surface area contributed by atoms with Crippen LogP contribution < -0.4 is 21.3 Å². The summed E-state index contributed by atoms with van der Waals surface area (Å²) in [5.41, 5.74) is -0.00886. The molecule has 181 valence electrons. The number of hydrogen-bond acceptors (Lipinski definition) is 4. The van der Waals surface area contributed by atoms with Crippen molar-refractivity contribution in [2.45, 2.75) is 66.0 Å². The number of nitrogens with one attached hydrogen (secondary N) is 4. The van der Waals surface area contributed by atoms with Crippen LogP contribution in [0, 0.1) is 17.0 Å². The van der Waals surface area contributed by atoms with Crippen molar-refractivity contribution in [3.05, 3.63) is 35.4 Å². The van der Waals surface area contributed by atoms with E-state index in [1.54, 1.807) is 0 Å². The summed E-state index contributed by atoms with van der Waals surface area (Å²) in [7, 11) is 1.24. The summed E-state index contributed by atoms with van der Waals surface area (Å²) in [6.07, 6.45) is 0.0408. The molecule has 4 amide bonds. The van der Waals surface area contributed by atoms with Gasteiger partial charge in [-0.05, 0) is 24.8 Å². The van der Waals surface area contributed by atoms with E-state index in [1.807, 2.05) is 20.8 Å². The molecule has 0 bridgehead atoms. The number of carbonyl (C=O) groups excluding carboxylic acids is 4. The minimum Gasteiger partial charge on any atom is -0.356 e. The van der Waals surface area contributed by atoms with Gasteiger partial charge < -0.3 is 21.3 Å². The van der Waals surface area contributed by atoms with E-state index in [4.69, 9.17) is 0 Å². The Balaban J connectivity index is 2.65. The van der Waals surface area contributed by atoms with Gasteiger partial charge in [0.15, 0.2) is 5.81 Å². The number of amides is 4. The van der Waals surface area contributed by atoms with Crippen molar-refractivity contribution in [3.8, 4) is 0 Å². The standard InChI is InChI=1S/C22H32BF2N4O4/c1-13(19(31)26-11-14-6-7-15(24)10-16(14)25)28-20(32)17(29-21(33)23-5)8-9-18(30)27-12-22(2,3)4/h6-7,10,13,17H,8-9,11-12H2,1-5H3,(H,26,31)(H,27,30)(H,28,32)(H,29,33)/t13-,17-/m0/s1. The van der Waals surface area contributed by atoms with Gasteiger partial charge in [-0.2, -0.15) is 0 Å². The molecule has 0 saturated carbocycles. The van der Waals surface area contributed by atoms with Gasteiger partial charge in [-0.25, -0.2) is 8.78 Å². The summed E-state index contributed by atoms with van der Waals surface area (Å²) in [5, 5.41) is 10.2. The number of rotatable bonds is 11. The van der Waals surface area contributed by atoms with Crippen LogP contribution in [0.3, 0.4) is 0 Å². The van der Waals surface area contributed by atoms with Crippen LogP contribution in [0.5, 0.6) is 0 Å². The fourth-order valence-electron chi connectivity index (χ4n) is 2.63. The van der Waals surface area contributed by atoms with Gasteiger partial charge in [0.1, 0.15) is 23.7 Å². The average Bonchev–Trinajstić information content (AvgIpc) is 2.73. The summed E-state index contributed by atoms with van der Waals surface area (Å²) in [4.78, 5) is 48.8. The Morgan fingerprint density at radius 2 is 1.70 bits per heavy atom. The lowest BCUT2D eigenvalue weighted by atomic mass is 9.81. The Bertz CT molecular complexity index is 861. The first-order valence-electron chi connectivity index (χ1n) is 10.7. The Morgan fingerprint density at radius 1 is 1.03 bits per heavy atom. The summed E-state index contributed by atoms with van der Waals surface area (Å²) < 4.78 is 26.7. The molecular weight excluding hydrogens is 433 g/mol. The van der Waals surface area contributed by atoms with Gasteiger partial charge in [-0.1, -0.05) is 33.7 Å². The van der Waals surface area contributed by atoms with Crippen molar-refractivity contribution < 1.29 is 28.0 Å². The first-order valence-corrected chi connectivity index (χ1v) is 10.7. The van der Waals surface area contributed by atoms with Gasteiger partial charge in [-0.3, -0.25) is 19.2 Å². The number of halogens is 2. The third-order valence-electron chi connectivity index (χ3n) is 4.59. The molecule has 2 atom stereocenters. The molecule has 0 saturated heterocycles. The molecule has 8 nitrogen and oxygen atoms in total. The molecule has 1 rings (SSSR count). The predicted molar refractivity (Wildman–Crippen MR) is 121 cm³/mol. The van der Waals surface area contributed by atoms with Crippen LogP contribution in [0.15, 0.2) is 18.2 Å². The van der Waals surface area contributed by atoms with E-state index >= 15 is 0 Å². The van der Waals surface area contributed by atoms with Crippen LogP contribution in [0.2, 0.25) is 6.82 Å². The second-order valence-electron chi connectivity index (χ2n) is 8.91. The van der Waals surface area contributed by atoms with Crippen molar-refractivity contribution in [2.24, 2.45) is 5.41 Å². The van der Waals surface area contributed by atoms with E-state index in [0.29, 0.717) is 12.6 Å². The van der Waals surface area contributed by atoms with E-state index in [0.717, 1.165) is 6.07 Å². The van der Waals surface area contributed by atoms with Crippen LogP contribution >= 0.6 is 0 Å². The molecule has 1 aromatic rings. The summed E-state index contributed by atoms with van der Waals surface area (Å²) in [6, 6.07) is 0.971. The van der Waals surface area contributed by atoms with Gasteiger partial charge in [0, 0.05) is 31.1 Å². The summed E-state index contributed by atoms with van der Waals surface area (Å²) >= 11 is 0. The Kier molecular flexibility index (Phi) is 11.0. The van der Waals surface area contributed by atoms with Gasteiger partial charge in [0.2, 0.25) is 25.0 Å². The zero-order valence-electron chi connectivity index (χ0n) is 19.7. The molecule has 0 fully saturated rings. The van der Waals surface area contributed by atoms with Gasteiger partial charge >= 0.3 is 0 Å². The largest absolute Gasteiger partial charge is 0.356 e. The molecule has 1 radical (unpaired) electrons. The molecule has 0 aliphatic rings. The SMILES string of the molecule is C[B]C(=O)N[C@@H](CCC(=O)NCC(C)(C)C)C(=O)N[C@@H](C)C(=O)NCc1ccc(F)cc1F. The molecule has 1 aromatic carbocycles. The molecule has 4 N–H and O–H groups in total. The maximum atomic E-state index is 13.7. The zero-order chi connectivity index (χ0) is 25.2. The van der Waals surface area contributed by atoms with E-state index in [2.05, 4.69) is 21.3 Å². The van der Waals surface area contributed by atoms with Crippen LogP contribution in [-0.2, 0) is 20.9 Å². The Hall–Kier alpha value is -2.98. The van der Waals surface area contributed by atoms with Crippen molar-refractivity contribution in [1.29, 1.82) is 0 Å². The van der Waals surface area contributed by atoms with Crippen LogP contribution in [0.4, 0.5) is 13.6 Å². The topological polar surface area (TPSA) is 116 Å². The highest BCUT2D eigenvalue weighted by Gasteiger charge is 2.25. The summed E-state index contributed by atoms with van der Waals surface area (Å²) in [5.74, 6) is -3.51. The predicted octanol–water partition coefficient (Wildman–Crippen LogP) is 1.86. The third kappa shape index (κ3) is 10.9. The molecule has 0 spiro atoms. The van der Waals surface area contributed by atoms with E-state index in [-0.39, 0.29) is 36.3 Å². The molecule has 33 heavy (non-hydrogen) atoms. The fourth-order valence-corrected chi connectivity index (χ4v) is 2.63. The van der Waals surface area contributed by atoms with Crippen molar-refractivity contribution >= 4 is 30.8 Å². The minimum absolute atomic E-state index is 0.00256. The highest BCUT2D eigenvalue weighted by Crippen LogP contribution is 2.11.